The van der Waals surface area contributed by atoms with Crippen LogP contribution in [-0.4, -0.2) is 17.0 Å². The van der Waals surface area contributed by atoms with Gasteiger partial charge in [-0.25, -0.2) is 0 Å². The molecule has 0 bridgehead atoms. The molecule has 1 atom stereocenters. The zero-order valence-corrected chi connectivity index (χ0v) is 10.8. The Balaban J connectivity index is 2.01. The number of aliphatic imine (C=N–C) groups is 1. The Morgan fingerprint density at radius 2 is 2.00 bits per heavy atom. The second-order valence-electron chi connectivity index (χ2n) is 4.55. The van der Waals surface area contributed by atoms with E-state index in [0.717, 1.165) is 16.6 Å². The van der Waals surface area contributed by atoms with Crippen molar-refractivity contribution in [3.05, 3.63) is 29.8 Å². The summed E-state index contributed by atoms with van der Waals surface area (Å²) in [7, 11) is 0. The van der Waals surface area contributed by atoms with Gasteiger partial charge < -0.3 is 5.32 Å². The highest BCUT2D eigenvalue weighted by atomic mass is 32.2. The van der Waals surface area contributed by atoms with Crippen LogP contribution in [0.25, 0.3) is 0 Å². The number of rotatable bonds is 2. The summed E-state index contributed by atoms with van der Waals surface area (Å²) in [6.07, 6.45) is 0. The molecule has 1 aliphatic rings. The number of hydrogen-bond acceptors (Lipinski definition) is 3. The summed E-state index contributed by atoms with van der Waals surface area (Å²) in [5, 5.41) is 4.42. The molecule has 2 nitrogen and oxygen atoms in total. The van der Waals surface area contributed by atoms with Crippen LogP contribution in [0.2, 0.25) is 0 Å². The Labute approximate surface area is 102 Å². The average molecular weight is 234 g/mol. The summed E-state index contributed by atoms with van der Waals surface area (Å²) >= 11 is 1.82. The monoisotopic (exact) mass is 234 g/mol. The molecule has 0 unspecified atom stereocenters. The SMILES string of the molecule is Cc1ccc(NC2=N[C@@H](C(C)C)CS2)cc1. The van der Waals surface area contributed by atoms with Gasteiger partial charge in [0, 0.05) is 11.4 Å². The van der Waals surface area contributed by atoms with Gasteiger partial charge in [-0.2, -0.15) is 0 Å². The number of anilines is 1. The van der Waals surface area contributed by atoms with Crippen LogP contribution in [0.4, 0.5) is 5.69 Å². The minimum Gasteiger partial charge on any atom is -0.335 e. The van der Waals surface area contributed by atoms with Crippen LogP contribution < -0.4 is 5.32 Å². The van der Waals surface area contributed by atoms with E-state index in [1.807, 2.05) is 11.8 Å². The lowest BCUT2D eigenvalue weighted by molar-refractivity contribution is 0.543. The smallest absolute Gasteiger partial charge is 0.161 e. The van der Waals surface area contributed by atoms with E-state index in [4.69, 9.17) is 0 Å². The molecule has 1 aromatic carbocycles. The lowest BCUT2D eigenvalue weighted by Crippen LogP contribution is -2.12. The largest absolute Gasteiger partial charge is 0.335 e. The molecule has 0 amide bonds. The van der Waals surface area contributed by atoms with E-state index >= 15 is 0 Å². The van der Waals surface area contributed by atoms with Gasteiger partial charge in [0.15, 0.2) is 5.17 Å². The zero-order chi connectivity index (χ0) is 11.5. The Morgan fingerprint density at radius 3 is 2.56 bits per heavy atom. The van der Waals surface area contributed by atoms with Crippen molar-refractivity contribution in [2.75, 3.05) is 11.1 Å². The van der Waals surface area contributed by atoms with Gasteiger partial charge in [-0.3, -0.25) is 4.99 Å². The Bertz CT molecular complexity index is 381. The third-order valence-corrected chi connectivity index (χ3v) is 3.74. The number of nitrogens with zero attached hydrogens (tertiary/aromatic N) is 1. The molecule has 0 aromatic heterocycles. The maximum Gasteiger partial charge on any atom is 0.161 e. The van der Waals surface area contributed by atoms with Gasteiger partial charge in [-0.1, -0.05) is 43.3 Å². The highest BCUT2D eigenvalue weighted by molar-refractivity contribution is 8.14. The fourth-order valence-corrected chi connectivity index (χ4v) is 2.75. The number of hydrogen-bond donors (Lipinski definition) is 1. The summed E-state index contributed by atoms with van der Waals surface area (Å²) in [6, 6.07) is 8.89. The molecule has 86 valence electrons. The first-order valence-corrected chi connectivity index (χ1v) is 6.68. The van der Waals surface area contributed by atoms with E-state index in [0.29, 0.717) is 12.0 Å². The lowest BCUT2D eigenvalue weighted by atomic mass is 10.1. The molecule has 1 heterocycles. The van der Waals surface area contributed by atoms with Crippen LogP contribution in [-0.2, 0) is 0 Å². The van der Waals surface area contributed by atoms with E-state index in [-0.39, 0.29) is 0 Å². The van der Waals surface area contributed by atoms with Crippen molar-refractivity contribution < 1.29 is 0 Å². The highest BCUT2D eigenvalue weighted by Gasteiger charge is 2.20. The molecular weight excluding hydrogens is 216 g/mol. The second-order valence-corrected chi connectivity index (χ2v) is 5.56. The van der Waals surface area contributed by atoms with E-state index in [2.05, 4.69) is 55.3 Å². The van der Waals surface area contributed by atoms with Crippen molar-refractivity contribution in [2.24, 2.45) is 10.9 Å². The quantitative estimate of drug-likeness (QED) is 0.846. The first-order chi connectivity index (χ1) is 7.65. The number of amidine groups is 1. The van der Waals surface area contributed by atoms with Crippen LogP contribution in [0.3, 0.4) is 0 Å². The maximum atomic E-state index is 4.67. The molecule has 0 saturated heterocycles. The van der Waals surface area contributed by atoms with Crippen molar-refractivity contribution >= 4 is 22.6 Å². The second kappa shape index (κ2) is 4.91. The number of benzene rings is 1. The van der Waals surface area contributed by atoms with E-state index in [1.54, 1.807) is 0 Å². The summed E-state index contributed by atoms with van der Waals surface area (Å²) in [5.74, 6) is 1.73. The van der Waals surface area contributed by atoms with Crippen molar-refractivity contribution in [3.63, 3.8) is 0 Å². The maximum absolute atomic E-state index is 4.67. The molecule has 2 rings (SSSR count). The molecule has 0 fully saturated rings. The molecule has 1 N–H and O–H groups in total. The van der Waals surface area contributed by atoms with Gasteiger partial charge >= 0.3 is 0 Å². The predicted molar refractivity (Wildman–Crippen MR) is 73.3 cm³/mol. The Morgan fingerprint density at radius 1 is 1.31 bits per heavy atom. The van der Waals surface area contributed by atoms with Crippen molar-refractivity contribution in [1.82, 2.24) is 0 Å². The van der Waals surface area contributed by atoms with Gasteiger partial charge in [-0.15, -0.1) is 0 Å². The zero-order valence-electron chi connectivity index (χ0n) is 10.0. The summed E-state index contributed by atoms with van der Waals surface area (Å²) in [5.41, 5.74) is 2.41. The number of thioether (sulfide) groups is 1. The predicted octanol–water partition coefficient (Wildman–Crippen LogP) is 3.53. The third kappa shape index (κ3) is 2.79. The van der Waals surface area contributed by atoms with Gasteiger partial charge in [-0.05, 0) is 25.0 Å². The highest BCUT2D eigenvalue weighted by Crippen LogP contribution is 2.24. The minimum absolute atomic E-state index is 0.470. The Hall–Kier alpha value is -0.960. The van der Waals surface area contributed by atoms with Crippen LogP contribution in [0.5, 0.6) is 0 Å². The standard InChI is InChI=1S/C13H18N2S/c1-9(2)12-8-16-13(15-12)14-11-6-4-10(3)5-7-11/h4-7,9,12H,8H2,1-3H3,(H,14,15)/t12-/m1/s1. The number of aryl methyl sites for hydroxylation is 1. The van der Waals surface area contributed by atoms with E-state index in [9.17, 15) is 0 Å². The van der Waals surface area contributed by atoms with Gasteiger partial charge in [0.2, 0.25) is 0 Å². The summed E-state index contributed by atoms with van der Waals surface area (Å²) in [4.78, 5) is 4.67. The van der Waals surface area contributed by atoms with Crippen LogP contribution in [0.1, 0.15) is 19.4 Å². The molecular formula is C13H18N2S. The Kier molecular flexibility index (Phi) is 3.54. The molecule has 0 saturated carbocycles. The van der Waals surface area contributed by atoms with Crippen molar-refractivity contribution in [3.8, 4) is 0 Å². The van der Waals surface area contributed by atoms with Crippen LogP contribution in [0, 0.1) is 12.8 Å². The molecule has 0 aliphatic carbocycles. The summed E-state index contributed by atoms with van der Waals surface area (Å²) in [6.45, 7) is 6.55. The van der Waals surface area contributed by atoms with Crippen molar-refractivity contribution in [2.45, 2.75) is 26.8 Å². The van der Waals surface area contributed by atoms with Gasteiger partial charge in [0.1, 0.15) is 0 Å². The van der Waals surface area contributed by atoms with Gasteiger partial charge in [0.05, 0.1) is 6.04 Å². The van der Waals surface area contributed by atoms with E-state index < -0.39 is 0 Å². The third-order valence-electron chi connectivity index (χ3n) is 2.75. The lowest BCUT2D eigenvalue weighted by Gasteiger charge is -2.08. The fraction of sp³-hybridized carbons (Fsp3) is 0.462. The topological polar surface area (TPSA) is 24.4 Å². The molecule has 16 heavy (non-hydrogen) atoms. The minimum atomic E-state index is 0.470. The molecule has 1 aliphatic heterocycles. The first-order valence-electron chi connectivity index (χ1n) is 5.69. The molecule has 0 spiro atoms. The average Bonchev–Trinajstić information content (AvgIpc) is 2.70. The fourth-order valence-electron chi connectivity index (χ4n) is 1.56. The molecule has 3 heteroatoms. The van der Waals surface area contributed by atoms with Crippen molar-refractivity contribution in [1.29, 1.82) is 0 Å². The molecule has 0 radical (unpaired) electrons. The number of nitrogens with one attached hydrogen (secondary N) is 1. The van der Waals surface area contributed by atoms with Crippen LogP contribution in [0.15, 0.2) is 29.3 Å². The van der Waals surface area contributed by atoms with Gasteiger partial charge in [0.25, 0.3) is 0 Å². The van der Waals surface area contributed by atoms with E-state index in [1.165, 1.54) is 5.56 Å². The normalized spacial score (nSPS) is 20.0. The van der Waals surface area contributed by atoms with Crippen LogP contribution >= 0.6 is 11.8 Å². The summed E-state index contributed by atoms with van der Waals surface area (Å²) < 4.78 is 0. The molecule has 1 aromatic rings. The first kappa shape index (κ1) is 11.5.